The minimum Gasteiger partial charge on any atom is -0.377 e. The number of carbonyl (C=O) groups is 2. The van der Waals surface area contributed by atoms with Crippen molar-refractivity contribution in [2.75, 3.05) is 46.4 Å². The second-order valence-electron chi connectivity index (χ2n) is 10.4. The molecule has 3 amide bonds. The van der Waals surface area contributed by atoms with Crippen molar-refractivity contribution in [2.45, 2.75) is 50.2 Å². The van der Waals surface area contributed by atoms with E-state index in [0.29, 0.717) is 49.0 Å². The zero-order valence-electron chi connectivity index (χ0n) is 20.7. The van der Waals surface area contributed by atoms with Gasteiger partial charge < -0.3 is 25.2 Å². The molecule has 3 aliphatic heterocycles. The average Bonchev–Trinajstić information content (AvgIpc) is 3.69. The largest absolute Gasteiger partial charge is 0.377 e. The lowest BCUT2D eigenvalue weighted by Crippen LogP contribution is -2.69. The number of nitrogens with zero attached hydrogens (tertiary/aromatic N) is 4. The molecule has 0 radical (unpaired) electrons. The fourth-order valence-corrected chi connectivity index (χ4v) is 6.81. The van der Waals surface area contributed by atoms with E-state index >= 15 is 0 Å². The third kappa shape index (κ3) is 4.63. The van der Waals surface area contributed by atoms with E-state index in [1.807, 2.05) is 36.1 Å². The lowest BCUT2D eigenvalue weighted by atomic mass is 9.91. The summed E-state index contributed by atoms with van der Waals surface area (Å²) in [5.41, 5.74) is 1.22. The molecule has 4 heterocycles. The summed E-state index contributed by atoms with van der Waals surface area (Å²) in [4.78, 5) is 39.2. The maximum atomic E-state index is 13.8. The van der Waals surface area contributed by atoms with E-state index in [4.69, 9.17) is 9.72 Å². The molecule has 3 fully saturated rings. The van der Waals surface area contributed by atoms with Crippen LogP contribution >= 0.6 is 10.6 Å². The number of hydrogen-bond acceptors (Lipinski definition) is 8. The standard InChI is InChI=1S/C25H32N6O5S/c1-25-15-36-11-10-30(25)22-20(31(23(25)32)19-8-12-37(34,35)13-9-19)14-26-21(29-22)16-2-4-17(5-3-16)27-24(33)28-18-6-7-18/h2-5,14,18-19,34-35H,6-13,15H2,1H3,(H2,27,28,33). The minimum absolute atomic E-state index is 0.0701. The van der Waals surface area contributed by atoms with Crippen LogP contribution in [-0.4, -0.2) is 79.9 Å². The Hall–Kier alpha value is -2.93. The number of anilines is 3. The molecular weight excluding hydrogens is 496 g/mol. The Balaban J connectivity index is 1.31. The molecular formula is C25H32N6O5S. The van der Waals surface area contributed by atoms with Gasteiger partial charge in [0.2, 0.25) is 0 Å². The molecule has 1 unspecified atom stereocenters. The van der Waals surface area contributed by atoms with Crippen LogP contribution in [0, 0.1) is 0 Å². The van der Waals surface area contributed by atoms with E-state index in [0.717, 1.165) is 18.4 Å². The molecule has 1 atom stereocenters. The van der Waals surface area contributed by atoms with Crippen LogP contribution in [0.5, 0.6) is 0 Å². The van der Waals surface area contributed by atoms with Gasteiger partial charge in [-0.05, 0) is 56.9 Å². The van der Waals surface area contributed by atoms with Crippen LogP contribution in [0.3, 0.4) is 0 Å². The summed E-state index contributed by atoms with van der Waals surface area (Å²) >= 11 is 0. The Morgan fingerprint density at radius 1 is 1.16 bits per heavy atom. The van der Waals surface area contributed by atoms with Gasteiger partial charge in [-0.2, -0.15) is 10.6 Å². The highest BCUT2D eigenvalue weighted by molar-refractivity contribution is 8.24. The number of urea groups is 1. The maximum Gasteiger partial charge on any atom is 0.319 e. The monoisotopic (exact) mass is 528 g/mol. The van der Waals surface area contributed by atoms with Gasteiger partial charge in [-0.25, -0.2) is 14.8 Å². The van der Waals surface area contributed by atoms with Crippen LogP contribution < -0.4 is 20.4 Å². The molecule has 6 rings (SSSR count). The normalized spacial score (nSPS) is 26.2. The second-order valence-corrected chi connectivity index (χ2v) is 12.9. The van der Waals surface area contributed by atoms with Crippen LogP contribution in [0.2, 0.25) is 0 Å². The van der Waals surface area contributed by atoms with Crippen molar-refractivity contribution in [3.8, 4) is 11.4 Å². The third-order valence-corrected chi connectivity index (χ3v) is 9.40. The number of hydrogen-bond donors (Lipinski definition) is 4. The van der Waals surface area contributed by atoms with E-state index in [1.54, 1.807) is 11.1 Å². The molecule has 1 saturated carbocycles. The van der Waals surface area contributed by atoms with E-state index in [-0.39, 0.29) is 42.1 Å². The number of fused-ring (bicyclic) bond motifs is 3. The van der Waals surface area contributed by atoms with E-state index in [9.17, 15) is 18.7 Å². The van der Waals surface area contributed by atoms with Crippen molar-refractivity contribution in [1.29, 1.82) is 0 Å². The van der Waals surface area contributed by atoms with Crippen molar-refractivity contribution in [3.05, 3.63) is 30.5 Å². The van der Waals surface area contributed by atoms with Crippen LogP contribution in [0.25, 0.3) is 11.4 Å². The van der Waals surface area contributed by atoms with Gasteiger partial charge in [0.05, 0.1) is 19.4 Å². The number of benzene rings is 1. The number of nitrogens with one attached hydrogen (secondary N) is 2. The smallest absolute Gasteiger partial charge is 0.319 e. The van der Waals surface area contributed by atoms with Crippen molar-refractivity contribution in [1.82, 2.24) is 15.3 Å². The summed E-state index contributed by atoms with van der Waals surface area (Å²) in [6.07, 6.45) is 4.77. The summed E-state index contributed by atoms with van der Waals surface area (Å²) < 4.78 is 26.0. The Morgan fingerprint density at radius 2 is 1.89 bits per heavy atom. The topological polar surface area (TPSA) is 140 Å². The van der Waals surface area contributed by atoms with Crippen molar-refractivity contribution in [2.24, 2.45) is 0 Å². The molecule has 198 valence electrons. The summed E-state index contributed by atoms with van der Waals surface area (Å²) in [5, 5.41) is 5.75. The average molecular weight is 529 g/mol. The number of amides is 3. The van der Waals surface area contributed by atoms with E-state index in [2.05, 4.69) is 15.6 Å². The van der Waals surface area contributed by atoms with Crippen molar-refractivity contribution < 1.29 is 23.4 Å². The number of carbonyl (C=O) groups excluding carboxylic acids is 2. The van der Waals surface area contributed by atoms with Gasteiger partial charge in [-0.1, -0.05) is 0 Å². The quantitative estimate of drug-likeness (QED) is 0.474. The van der Waals surface area contributed by atoms with Crippen LogP contribution in [0.4, 0.5) is 22.0 Å². The molecule has 0 spiro atoms. The molecule has 2 saturated heterocycles. The molecule has 11 nitrogen and oxygen atoms in total. The number of aromatic nitrogens is 2. The Kier molecular flexibility index (Phi) is 6.02. The minimum atomic E-state index is -2.58. The number of ether oxygens (including phenoxy) is 1. The first-order chi connectivity index (χ1) is 17.7. The predicted molar refractivity (Wildman–Crippen MR) is 142 cm³/mol. The molecule has 1 aromatic carbocycles. The fraction of sp³-hybridized carbons (Fsp3) is 0.520. The molecule has 2 aromatic rings. The van der Waals surface area contributed by atoms with Gasteiger partial charge in [0.15, 0.2) is 11.6 Å². The summed E-state index contributed by atoms with van der Waals surface area (Å²) in [7, 11) is -2.58. The van der Waals surface area contributed by atoms with Gasteiger partial charge >= 0.3 is 6.03 Å². The summed E-state index contributed by atoms with van der Waals surface area (Å²) in [6.45, 7) is 3.17. The highest BCUT2D eigenvalue weighted by atomic mass is 32.3. The van der Waals surface area contributed by atoms with Gasteiger partial charge in [-0.3, -0.25) is 13.9 Å². The van der Waals surface area contributed by atoms with E-state index in [1.165, 1.54) is 0 Å². The van der Waals surface area contributed by atoms with E-state index < -0.39 is 16.1 Å². The fourth-order valence-electron chi connectivity index (χ4n) is 5.31. The molecule has 1 aromatic heterocycles. The van der Waals surface area contributed by atoms with Crippen molar-refractivity contribution >= 4 is 39.7 Å². The Bertz CT molecular complexity index is 1210. The van der Waals surface area contributed by atoms with Gasteiger partial charge in [-0.15, -0.1) is 0 Å². The first kappa shape index (κ1) is 24.4. The first-order valence-electron chi connectivity index (χ1n) is 12.7. The van der Waals surface area contributed by atoms with Gasteiger partial charge in [0.25, 0.3) is 5.91 Å². The predicted octanol–water partition coefficient (Wildman–Crippen LogP) is 3.28. The summed E-state index contributed by atoms with van der Waals surface area (Å²) in [5.74, 6) is 1.70. The first-order valence-corrected chi connectivity index (χ1v) is 14.6. The second kappa shape index (κ2) is 9.12. The van der Waals surface area contributed by atoms with Crippen LogP contribution in [-0.2, 0) is 9.53 Å². The Labute approximate surface area is 217 Å². The van der Waals surface area contributed by atoms with Gasteiger partial charge in [0, 0.05) is 41.4 Å². The van der Waals surface area contributed by atoms with Crippen molar-refractivity contribution in [3.63, 3.8) is 0 Å². The Morgan fingerprint density at radius 3 is 2.59 bits per heavy atom. The maximum absolute atomic E-state index is 13.8. The molecule has 12 heteroatoms. The highest BCUT2D eigenvalue weighted by Gasteiger charge is 2.52. The zero-order chi connectivity index (χ0) is 25.8. The highest BCUT2D eigenvalue weighted by Crippen LogP contribution is 2.48. The third-order valence-electron chi connectivity index (χ3n) is 7.62. The van der Waals surface area contributed by atoms with Gasteiger partial charge in [0.1, 0.15) is 11.2 Å². The SMILES string of the molecule is CC12COCCN1c1nc(-c3ccc(NC(=O)NC4CC4)cc3)ncc1N(C1CCS(O)(O)CC1)C2=O. The van der Waals surface area contributed by atoms with Crippen LogP contribution in [0.15, 0.2) is 30.5 Å². The zero-order valence-corrected chi connectivity index (χ0v) is 21.5. The molecule has 0 bridgehead atoms. The summed E-state index contributed by atoms with van der Waals surface area (Å²) in [6, 6.07) is 7.29. The molecule has 4 aliphatic rings. The molecule has 37 heavy (non-hydrogen) atoms. The lowest BCUT2D eigenvalue weighted by molar-refractivity contribution is -0.128. The number of morpholine rings is 1. The lowest BCUT2D eigenvalue weighted by Gasteiger charge is -2.53. The molecule has 1 aliphatic carbocycles. The molecule has 4 N–H and O–H groups in total. The van der Waals surface area contributed by atoms with Crippen LogP contribution in [0.1, 0.15) is 32.6 Å². The number of rotatable bonds is 4.